The maximum absolute atomic E-state index is 12.5. The van der Waals surface area contributed by atoms with Gasteiger partial charge >= 0.3 is 5.97 Å². The summed E-state index contributed by atoms with van der Waals surface area (Å²) in [7, 11) is 0. The lowest BCUT2D eigenvalue weighted by molar-refractivity contribution is -0.143. The summed E-state index contributed by atoms with van der Waals surface area (Å²) < 4.78 is 5.49. The van der Waals surface area contributed by atoms with E-state index in [-0.39, 0.29) is 18.5 Å². The van der Waals surface area contributed by atoms with E-state index in [4.69, 9.17) is 4.74 Å². The van der Waals surface area contributed by atoms with E-state index in [1.807, 2.05) is 6.08 Å². The van der Waals surface area contributed by atoms with Crippen molar-refractivity contribution < 1.29 is 24.5 Å². The largest absolute Gasteiger partial charge is 0.466 e. The lowest BCUT2D eigenvalue weighted by Gasteiger charge is -2.20. The highest BCUT2D eigenvalue weighted by Crippen LogP contribution is 2.20. The summed E-state index contributed by atoms with van der Waals surface area (Å²) in [6.07, 6.45) is 94.4. The monoisotopic (exact) mass is 1180 g/mol. The van der Waals surface area contributed by atoms with Crippen molar-refractivity contribution >= 4 is 11.9 Å². The predicted octanol–water partition coefficient (Wildman–Crippen LogP) is 25.3. The van der Waals surface area contributed by atoms with Gasteiger partial charge in [-0.1, -0.05) is 391 Å². The van der Waals surface area contributed by atoms with E-state index in [2.05, 4.69) is 31.3 Å². The summed E-state index contributed by atoms with van der Waals surface area (Å²) in [4.78, 5) is 24.6. The molecule has 0 aliphatic heterocycles. The third-order valence-electron chi connectivity index (χ3n) is 18.2. The summed E-state index contributed by atoms with van der Waals surface area (Å²) in [6, 6.07) is -0.625. The molecule has 6 nitrogen and oxygen atoms in total. The Kier molecular flexibility index (Phi) is 72.3. The number of carbonyl (C=O) groups is 2. The van der Waals surface area contributed by atoms with Gasteiger partial charge in [-0.3, -0.25) is 9.59 Å². The fraction of sp³-hybridized carbons (Fsp3) is 0.923. The van der Waals surface area contributed by atoms with Crippen molar-refractivity contribution in [3.63, 3.8) is 0 Å². The standard InChI is InChI=1S/C78H151NO5/c1-3-5-7-9-11-13-15-17-19-20-21-37-40-43-46-50-54-58-62-66-70-76(81)75(74-80)79-77(82)71-67-63-59-55-51-47-44-41-38-35-33-31-29-27-25-23-22-24-26-28-30-32-34-36-39-42-45-49-53-57-61-65-69-73-84-78(83)72-68-64-60-56-52-48-18-16-14-12-10-8-6-4-2/h16,18,66,70,75-76,80-81H,3-15,17,19-65,67-69,71-74H2,1-2H3,(H,79,82)/b18-16-,70-66+. The number of esters is 1. The van der Waals surface area contributed by atoms with Gasteiger partial charge in [-0.2, -0.15) is 0 Å². The normalized spacial score (nSPS) is 12.6. The third kappa shape index (κ3) is 69.4. The summed E-state index contributed by atoms with van der Waals surface area (Å²) in [6.45, 7) is 4.94. The molecule has 0 fully saturated rings. The average Bonchev–Trinajstić information content (AvgIpc) is 3.51. The number of hydrogen-bond donors (Lipinski definition) is 3. The van der Waals surface area contributed by atoms with E-state index in [9.17, 15) is 19.8 Å². The van der Waals surface area contributed by atoms with Crippen LogP contribution in [0.4, 0.5) is 0 Å². The lowest BCUT2D eigenvalue weighted by Crippen LogP contribution is -2.45. The fourth-order valence-corrected chi connectivity index (χ4v) is 12.3. The van der Waals surface area contributed by atoms with Crippen LogP contribution in [0.2, 0.25) is 0 Å². The lowest BCUT2D eigenvalue weighted by atomic mass is 10.0. The van der Waals surface area contributed by atoms with Gasteiger partial charge in [0.2, 0.25) is 5.91 Å². The van der Waals surface area contributed by atoms with Crippen LogP contribution in [0.1, 0.15) is 438 Å². The molecule has 498 valence electrons. The minimum atomic E-state index is -0.842. The number of hydrogen-bond acceptors (Lipinski definition) is 5. The van der Waals surface area contributed by atoms with Gasteiger partial charge in [-0.05, 0) is 57.8 Å². The molecule has 0 heterocycles. The molecule has 0 aliphatic rings. The SMILES string of the molecule is CCCCCCC/C=C\CCCCCCCC(=O)OCCCCCCCCCCCCCCCCCCCCCCCCCCCCCCCCCCCC(=O)NC(CO)C(O)/C=C/CCCCCCCCCCCCCCCCCCCC. The van der Waals surface area contributed by atoms with Crippen LogP contribution in [0.3, 0.4) is 0 Å². The molecule has 0 aromatic heterocycles. The van der Waals surface area contributed by atoms with E-state index < -0.39 is 12.1 Å². The Labute approximate surface area is 526 Å². The second-order valence-corrected chi connectivity index (χ2v) is 26.7. The second kappa shape index (κ2) is 73.8. The van der Waals surface area contributed by atoms with Gasteiger partial charge in [0.15, 0.2) is 0 Å². The first kappa shape index (κ1) is 82.3. The first-order chi connectivity index (χ1) is 41.5. The number of nitrogens with one attached hydrogen (secondary N) is 1. The highest BCUT2D eigenvalue weighted by atomic mass is 16.5. The molecule has 0 saturated carbocycles. The molecule has 6 heteroatoms. The smallest absolute Gasteiger partial charge is 0.305 e. The molecular formula is C78H151NO5. The van der Waals surface area contributed by atoms with Gasteiger partial charge in [0.25, 0.3) is 0 Å². The van der Waals surface area contributed by atoms with Gasteiger partial charge in [0, 0.05) is 12.8 Å². The molecule has 0 aromatic carbocycles. The molecule has 0 radical (unpaired) electrons. The number of allylic oxidation sites excluding steroid dienone is 3. The Morgan fingerprint density at radius 3 is 0.845 bits per heavy atom. The third-order valence-corrected chi connectivity index (χ3v) is 18.2. The van der Waals surface area contributed by atoms with E-state index in [0.717, 1.165) is 44.9 Å². The van der Waals surface area contributed by atoms with Crippen LogP contribution in [0, 0.1) is 0 Å². The maximum Gasteiger partial charge on any atom is 0.305 e. The summed E-state index contributed by atoms with van der Waals surface area (Å²) in [5.41, 5.74) is 0. The molecule has 3 N–H and O–H groups in total. The van der Waals surface area contributed by atoms with Crippen molar-refractivity contribution in [1.82, 2.24) is 5.32 Å². The molecule has 0 bridgehead atoms. The minimum absolute atomic E-state index is 0.0137. The number of rotatable bonds is 73. The average molecular weight is 1180 g/mol. The second-order valence-electron chi connectivity index (χ2n) is 26.7. The number of aliphatic hydroxyl groups is 2. The number of amides is 1. The zero-order valence-corrected chi connectivity index (χ0v) is 57.2. The van der Waals surface area contributed by atoms with Gasteiger partial charge < -0.3 is 20.3 Å². The Hall–Kier alpha value is -1.66. The van der Waals surface area contributed by atoms with Crippen molar-refractivity contribution in [3.05, 3.63) is 24.3 Å². The van der Waals surface area contributed by atoms with Crippen molar-refractivity contribution in [2.24, 2.45) is 0 Å². The van der Waals surface area contributed by atoms with Crippen LogP contribution in [0.5, 0.6) is 0 Å². The highest BCUT2D eigenvalue weighted by Gasteiger charge is 2.18. The molecular weight excluding hydrogens is 1030 g/mol. The molecule has 2 unspecified atom stereocenters. The van der Waals surface area contributed by atoms with E-state index in [1.165, 1.54) is 366 Å². The molecule has 0 aromatic rings. The van der Waals surface area contributed by atoms with E-state index in [0.29, 0.717) is 19.4 Å². The number of ether oxygens (including phenoxy) is 1. The fourth-order valence-electron chi connectivity index (χ4n) is 12.3. The molecule has 2 atom stereocenters. The van der Waals surface area contributed by atoms with Crippen LogP contribution < -0.4 is 5.32 Å². The van der Waals surface area contributed by atoms with Gasteiger partial charge in [-0.25, -0.2) is 0 Å². The molecule has 0 aliphatic carbocycles. The van der Waals surface area contributed by atoms with Crippen LogP contribution >= 0.6 is 0 Å². The molecule has 0 rings (SSSR count). The first-order valence-electron chi connectivity index (χ1n) is 38.6. The molecule has 0 saturated heterocycles. The van der Waals surface area contributed by atoms with Crippen LogP contribution in [-0.2, 0) is 14.3 Å². The Morgan fingerprint density at radius 2 is 0.560 bits per heavy atom. The van der Waals surface area contributed by atoms with Crippen molar-refractivity contribution in [3.8, 4) is 0 Å². The quantitative estimate of drug-likeness (QED) is 0.0320. The first-order valence-corrected chi connectivity index (χ1v) is 38.6. The van der Waals surface area contributed by atoms with E-state index >= 15 is 0 Å². The van der Waals surface area contributed by atoms with Crippen LogP contribution in [-0.4, -0.2) is 47.4 Å². The van der Waals surface area contributed by atoms with Gasteiger partial charge in [-0.15, -0.1) is 0 Å². The molecule has 1 amide bonds. The summed E-state index contributed by atoms with van der Waals surface area (Å²) >= 11 is 0. The molecule has 84 heavy (non-hydrogen) atoms. The van der Waals surface area contributed by atoms with Crippen molar-refractivity contribution in [2.75, 3.05) is 13.2 Å². The van der Waals surface area contributed by atoms with Crippen molar-refractivity contribution in [2.45, 2.75) is 450 Å². The Morgan fingerprint density at radius 1 is 0.321 bits per heavy atom. The van der Waals surface area contributed by atoms with Crippen LogP contribution in [0.15, 0.2) is 24.3 Å². The maximum atomic E-state index is 12.5. The summed E-state index contributed by atoms with van der Waals surface area (Å²) in [5, 5.41) is 23.3. The predicted molar refractivity (Wildman–Crippen MR) is 370 cm³/mol. The minimum Gasteiger partial charge on any atom is -0.466 e. The van der Waals surface area contributed by atoms with Gasteiger partial charge in [0.05, 0.1) is 25.4 Å². The summed E-state index contributed by atoms with van der Waals surface area (Å²) in [5.74, 6) is -0.0450. The number of unbranched alkanes of at least 4 members (excludes halogenated alkanes) is 60. The van der Waals surface area contributed by atoms with E-state index in [1.54, 1.807) is 6.08 Å². The highest BCUT2D eigenvalue weighted by molar-refractivity contribution is 5.76. The number of carbonyl (C=O) groups excluding carboxylic acids is 2. The molecule has 0 spiro atoms. The Balaban J connectivity index is 3.34. The van der Waals surface area contributed by atoms with Gasteiger partial charge in [0.1, 0.15) is 0 Å². The zero-order valence-electron chi connectivity index (χ0n) is 57.2. The van der Waals surface area contributed by atoms with Crippen molar-refractivity contribution in [1.29, 1.82) is 0 Å². The number of aliphatic hydroxyl groups excluding tert-OH is 2. The topological polar surface area (TPSA) is 95.9 Å². The van der Waals surface area contributed by atoms with Crippen LogP contribution in [0.25, 0.3) is 0 Å². The Bertz CT molecular complexity index is 1320. The zero-order chi connectivity index (χ0) is 60.6.